The molecular formula is C21H39O7P. The van der Waals surface area contributed by atoms with E-state index >= 15 is 0 Å². The fourth-order valence-electron chi connectivity index (χ4n) is 3.02. The highest BCUT2D eigenvalue weighted by Crippen LogP contribution is 2.38. The summed E-state index contributed by atoms with van der Waals surface area (Å²) in [5, 5.41) is 8.81. The molecule has 0 aliphatic heterocycles. The fraction of sp³-hybridized carbons (Fsp3) is 0.810. The lowest BCUT2D eigenvalue weighted by Crippen LogP contribution is -2.34. The van der Waals surface area contributed by atoms with E-state index in [1.807, 2.05) is 0 Å². The first kappa shape index (κ1) is 28.1. The first-order valence-electron chi connectivity index (χ1n) is 10.9. The van der Waals surface area contributed by atoms with Crippen molar-refractivity contribution in [3.63, 3.8) is 0 Å². The molecule has 3 N–H and O–H groups in total. The SMILES string of the molecule is CCCCCCCC/C=C\CCCCCCCC(=O)C(OP(=O)(O)O)C(=O)CO. The Balaban J connectivity index is 3.72. The van der Waals surface area contributed by atoms with E-state index in [9.17, 15) is 14.2 Å². The Morgan fingerprint density at radius 1 is 0.828 bits per heavy atom. The fourth-order valence-corrected chi connectivity index (χ4v) is 3.53. The molecule has 29 heavy (non-hydrogen) atoms. The summed E-state index contributed by atoms with van der Waals surface area (Å²) < 4.78 is 15.1. The highest BCUT2D eigenvalue weighted by atomic mass is 31.2. The second-order valence-corrected chi connectivity index (χ2v) is 8.59. The van der Waals surface area contributed by atoms with E-state index in [-0.39, 0.29) is 6.42 Å². The molecule has 8 heteroatoms. The van der Waals surface area contributed by atoms with Crippen LogP contribution in [0, 0.1) is 0 Å². The monoisotopic (exact) mass is 434 g/mol. The van der Waals surface area contributed by atoms with Gasteiger partial charge in [0.2, 0.25) is 0 Å². The van der Waals surface area contributed by atoms with Crippen LogP contribution in [0.25, 0.3) is 0 Å². The first-order valence-corrected chi connectivity index (χ1v) is 12.4. The topological polar surface area (TPSA) is 121 Å². The molecule has 0 spiro atoms. The molecule has 170 valence electrons. The molecule has 0 aromatic heterocycles. The number of allylic oxidation sites excluding steroid dienone is 2. The van der Waals surface area contributed by atoms with Crippen LogP contribution in [0.15, 0.2) is 12.2 Å². The molecule has 1 atom stereocenters. The number of hydrogen-bond donors (Lipinski definition) is 3. The Hall–Kier alpha value is -0.850. The summed E-state index contributed by atoms with van der Waals surface area (Å²) in [5.74, 6) is -1.74. The number of phosphoric ester groups is 1. The van der Waals surface area contributed by atoms with E-state index in [0.29, 0.717) is 6.42 Å². The van der Waals surface area contributed by atoms with Crippen molar-refractivity contribution in [1.82, 2.24) is 0 Å². The number of carbonyl (C=O) groups excluding carboxylic acids is 2. The summed E-state index contributed by atoms with van der Waals surface area (Å²) in [6.07, 6.45) is 17.1. The van der Waals surface area contributed by atoms with E-state index < -0.39 is 32.1 Å². The van der Waals surface area contributed by atoms with Crippen LogP contribution in [0.4, 0.5) is 0 Å². The predicted molar refractivity (Wildman–Crippen MR) is 113 cm³/mol. The van der Waals surface area contributed by atoms with Gasteiger partial charge in [0.1, 0.15) is 6.61 Å². The summed E-state index contributed by atoms with van der Waals surface area (Å²) >= 11 is 0. The molecule has 0 saturated carbocycles. The van der Waals surface area contributed by atoms with Crippen LogP contribution in [0.1, 0.15) is 96.8 Å². The molecule has 0 aliphatic carbocycles. The Morgan fingerprint density at radius 2 is 1.31 bits per heavy atom. The van der Waals surface area contributed by atoms with E-state index in [2.05, 4.69) is 23.6 Å². The Morgan fingerprint density at radius 3 is 1.79 bits per heavy atom. The molecule has 0 saturated heterocycles. The normalized spacial score (nSPS) is 13.1. The number of unbranched alkanes of at least 4 members (excludes halogenated alkanes) is 11. The van der Waals surface area contributed by atoms with Gasteiger partial charge in [-0.25, -0.2) is 4.57 Å². The standard InChI is InChI=1S/C21H39O7P/c1-2-3-4-5-6-7-8-9-10-11-12-13-14-15-16-17-19(23)21(20(24)18-22)28-29(25,26)27/h9-10,21-22H,2-8,11-18H2,1H3,(H2,25,26,27)/b10-9-. The van der Waals surface area contributed by atoms with Crippen LogP contribution in [-0.4, -0.2) is 39.2 Å². The molecule has 0 aliphatic rings. The summed E-state index contributed by atoms with van der Waals surface area (Å²) in [6.45, 7) is 1.23. The number of aliphatic hydroxyl groups is 1. The van der Waals surface area contributed by atoms with Gasteiger partial charge in [-0.2, -0.15) is 0 Å². The molecule has 0 fully saturated rings. The van der Waals surface area contributed by atoms with Gasteiger partial charge in [-0.05, 0) is 32.1 Å². The summed E-state index contributed by atoms with van der Waals surface area (Å²) in [7, 11) is -4.98. The Kier molecular flexibility index (Phi) is 17.4. The van der Waals surface area contributed by atoms with Gasteiger partial charge in [0, 0.05) is 6.42 Å². The highest BCUT2D eigenvalue weighted by molar-refractivity contribution is 7.46. The number of ketones is 2. The molecular weight excluding hydrogens is 395 g/mol. The van der Waals surface area contributed by atoms with Crippen LogP contribution in [0.2, 0.25) is 0 Å². The molecule has 0 amide bonds. The van der Waals surface area contributed by atoms with Gasteiger partial charge in [-0.3, -0.25) is 14.1 Å². The second kappa shape index (κ2) is 18.0. The van der Waals surface area contributed by atoms with Crippen molar-refractivity contribution in [3.05, 3.63) is 12.2 Å². The van der Waals surface area contributed by atoms with Crippen molar-refractivity contribution >= 4 is 19.4 Å². The molecule has 0 aromatic rings. The molecule has 1 unspecified atom stereocenters. The van der Waals surface area contributed by atoms with Crippen molar-refractivity contribution in [1.29, 1.82) is 0 Å². The van der Waals surface area contributed by atoms with E-state index in [4.69, 9.17) is 14.9 Å². The smallest absolute Gasteiger partial charge is 0.388 e. The number of aliphatic hydroxyl groups excluding tert-OH is 1. The minimum Gasteiger partial charge on any atom is -0.388 e. The van der Waals surface area contributed by atoms with E-state index in [1.165, 1.54) is 38.5 Å². The average molecular weight is 435 g/mol. The lowest BCUT2D eigenvalue weighted by Gasteiger charge is -2.15. The van der Waals surface area contributed by atoms with Crippen molar-refractivity contribution in [2.75, 3.05) is 6.61 Å². The summed E-state index contributed by atoms with van der Waals surface area (Å²) in [6, 6.07) is 0. The number of hydrogen-bond acceptors (Lipinski definition) is 5. The van der Waals surface area contributed by atoms with Crippen molar-refractivity contribution < 1.29 is 33.6 Å². The quantitative estimate of drug-likeness (QED) is 0.110. The van der Waals surface area contributed by atoms with Gasteiger partial charge in [-0.15, -0.1) is 0 Å². The maximum Gasteiger partial charge on any atom is 0.470 e. The van der Waals surface area contributed by atoms with Crippen LogP contribution < -0.4 is 0 Å². The maximum atomic E-state index is 11.9. The molecule has 0 radical (unpaired) electrons. The number of phosphoric acid groups is 1. The third kappa shape index (κ3) is 17.7. The molecule has 0 rings (SSSR count). The third-order valence-electron chi connectivity index (χ3n) is 4.67. The van der Waals surface area contributed by atoms with Gasteiger partial charge < -0.3 is 14.9 Å². The van der Waals surface area contributed by atoms with E-state index in [0.717, 1.165) is 38.5 Å². The summed E-state index contributed by atoms with van der Waals surface area (Å²) in [5.41, 5.74) is 0. The van der Waals surface area contributed by atoms with Gasteiger partial charge in [0.05, 0.1) is 0 Å². The first-order chi connectivity index (χ1) is 13.8. The van der Waals surface area contributed by atoms with E-state index in [1.54, 1.807) is 0 Å². The van der Waals surface area contributed by atoms with Gasteiger partial charge in [0.25, 0.3) is 0 Å². The zero-order valence-corrected chi connectivity index (χ0v) is 18.7. The maximum absolute atomic E-state index is 11.9. The van der Waals surface area contributed by atoms with Crippen molar-refractivity contribution in [3.8, 4) is 0 Å². The largest absolute Gasteiger partial charge is 0.470 e. The number of Topliss-reactive ketones (excluding diaryl/α,β-unsaturated/α-hetero) is 2. The minimum atomic E-state index is -4.98. The van der Waals surface area contributed by atoms with Gasteiger partial charge in [-0.1, -0.05) is 70.4 Å². The lowest BCUT2D eigenvalue weighted by atomic mass is 10.0. The molecule has 0 heterocycles. The molecule has 0 aromatic carbocycles. The molecule has 7 nitrogen and oxygen atoms in total. The minimum absolute atomic E-state index is 0.00539. The lowest BCUT2D eigenvalue weighted by molar-refractivity contribution is -0.139. The van der Waals surface area contributed by atoms with Crippen LogP contribution >= 0.6 is 7.82 Å². The van der Waals surface area contributed by atoms with Crippen molar-refractivity contribution in [2.24, 2.45) is 0 Å². The van der Waals surface area contributed by atoms with Crippen molar-refractivity contribution in [2.45, 2.75) is 103 Å². The van der Waals surface area contributed by atoms with Gasteiger partial charge in [0.15, 0.2) is 17.7 Å². The van der Waals surface area contributed by atoms with Crippen LogP contribution in [0.3, 0.4) is 0 Å². The number of carbonyl (C=O) groups is 2. The molecule has 0 bridgehead atoms. The third-order valence-corrected chi connectivity index (χ3v) is 5.15. The van der Waals surface area contributed by atoms with Gasteiger partial charge >= 0.3 is 7.82 Å². The Bertz CT molecular complexity index is 513. The van der Waals surface area contributed by atoms with Crippen LogP contribution in [0.5, 0.6) is 0 Å². The highest BCUT2D eigenvalue weighted by Gasteiger charge is 2.32. The Labute approximate surface area is 175 Å². The number of rotatable bonds is 20. The second-order valence-electron chi connectivity index (χ2n) is 7.40. The predicted octanol–water partition coefficient (Wildman–Crippen LogP) is 4.63. The zero-order valence-electron chi connectivity index (χ0n) is 17.8. The average Bonchev–Trinajstić information content (AvgIpc) is 2.67. The van der Waals surface area contributed by atoms with Crippen LogP contribution in [-0.2, 0) is 18.7 Å². The summed E-state index contributed by atoms with van der Waals surface area (Å²) in [4.78, 5) is 41.0. The zero-order chi connectivity index (χ0) is 22.0.